The highest BCUT2D eigenvalue weighted by Gasteiger charge is 2.46. The van der Waals surface area contributed by atoms with Crippen LogP contribution in [0.4, 0.5) is 5.69 Å². The molecular formula is C36H37Cl2N7O2. The van der Waals surface area contributed by atoms with Crippen LogP contribution in [0.5, 0.6) is 0 Å². The summed E-state index contributed by atoms with van der Waals surface area (Å²) in [6.07, 6.45) is 7.39. The van der Waals surface area contributed by atoms with Crippen molar-refractivity contribution in [3.05, 3.63) is 86.4 Å². The molecule has 1 aliphatic heterocycles. The van der Waals surface area contributed by atoms with Crippen LogP contribution in [0.15, 0.2) is 42.6 Å². The summed E-state index contributed by atoms with van der Waals surface area (Å²) < 4.78 is 2.05. The van der Waals surface area contributed by atoms with E-state index in [9.17, 15) is 9.59 Å². The lowest BCUT2D eigenvalue weighted by molar-refractivity contribution is 0.0921. The molecular weight excluding hydrogens is 633 g/mol. The minimum absolute atomic E-state index is 0.0235. The smallest absolute Gasteiger partial charge is 0.270 e. The number of hydrogen-bond acceptors (Lipinski definition) is 6. The first-order chi connectivity index (χ1) is 22.7. The predicted molar refractivity (Wildman–Crippen MR) is 183 cm³/mol. The fraction of sp³-hybridized carbons (Fsp3) is 0.417. The Balaban J connectivity index is 1.15. The van der Waals surface area contributed by atoms with E-state index in [0.29, 0.717) is 44.6 Å². The van der Waals surface area contributed by atoms with Crippen molar-refractivity contribution in [3.8, 4) is 6.07 Å². The molecule has 3 aliphatic rings. The van der Waals surface area contributed by atoms with Crippen molar-refractivity contribution in [1.29, 1.82) is 5.26 Å². The quantitative estimate of drug-likeness (QED) is 0.223. The third-order valence-corrected chi connectivity index (χ3v) is 11.0. The number of nitrogens with zero attached hydrogens (tertiary/aromatic N) is 5. The van der Waals surface area contributed by atoms with Gasteiger partial charge >= 0.3 is 0 Å². The molecule has 2 unspecified atom stereocenters. The molecule has 2 N–H and O–H groups in total. The van der Waals surface area contributed by atoms with Crippen LogP contribution in [0.3, 0.4) is 0 Å². The van der Waals surface area contributed by atoms with Crippen LogP contribution in [0.1, 0.15) is 82.4 Å². The standard InChI is InChI=1S/C36H37Cl2N7O2/c1-20-3-6-25(7-4-20)42-35(46)27-13-29-32(15-31(27)45-18-23-12-24(23)19-45)44(2)33(43-29)14-26-28(37)8-5-22(34(26)38)17-41-36(47)30-11-21(16-39)9-10-40-30/h5,8-11,13,15,20,23-25H,3-4,6-7,12,14,17-19H2,1-2H3,(H,41,47)(H,42,46). The number of aryl methyl sites for hydroxylation is 1. The van der Waals surface area contributed by atoms with Gasteiger partial charge in [0.1, 0.15) is 11.5 Å². The first kappa shape index (κ1) is 31.5. The Labute approximate surface area is 284 Å². The van der Waals surface area contributed by atoms with E-state index in [-0.39, 0.29) is 24.2 Å². The van der Waals surface area contributed by atoms with Crippen LogP contribution in [0, 0.1) is 29.1 Å². The van der Waals surface area contributed by atoms with E-state index in [1.807, 2.05) is 19.2 Å². The van der Waals surface area contributed by atoms with Crippen molar-refractivity contribution in [1.82, 2.24) is 25.2 Å². The summed E-state index contributed by atoms with van der Waals surface area (Å²) >= 11 is 13.6. The molecule has 2 aliphatic carbocycles. The summed E-state index contributed by atoms with van der Waals surface area (Å²) in [5, 5.41) is 16.3. The number of aromatic nitrogens is 3. The minimum Gasteiger partial charge on any atom is -0.370 e. The maximum Gasteiger partial charge on any atom is 0.270 e. The number of fused-ring (bicyclic) bond motifs is 2. The number of benzene rings is 2. The zero-order chi connectivity index (χ0) is 32.8. The number of imidazole rings is 1. The normalized spacial score (nSPS) is 21.7. The SMILES string of the molecule is CC1CCC(NC(=O)c2cc3nc(Cc4c(Cl)ccc(CNC(=O)c5cc(C#N)ccn5)c4Cl)n(C)c3cc2N2CC3CC3C2)CC1. The second-order valence-corrected chi connectivity index (χ2v) is 14.2. The fourth-order valence-corrected chi connectivity index (χ4v) is 7.71. The van der Waals surface area contributed by atoms with Crippen LogP contribution < -0.4 is 15.5 Å². The molecule has 3 heterocycles. The van der Waals surface area contributed by atoms with Crippen molar-refractivity contribution in [2.45, 2.75) is 58.0 Å². The number of halogens is 2. The molecule has 0 bridgehead atoms. The summed E-state index contributed by atoms with van der Waals surface area (Å²) in [4.78, 5) is 38.0. The monoisotopic (exact) mass is 669 g/mol. The lowest BCUT2D eigenvalue weighted by Gasteiger charge is -2.28. The van der Waals surface area contributed by atoms with E-state index in [4.69, 9.17) is 33.4 Å². The molecule has 47 heavy (non-hydrogen) atoms. The first-order valence-corrected chi connectivity index (χ1v) is 17.1. The second kappa shape index (κ2) is 12.8. The maximum atomic E-state index is 13.8. The number of hydrogen-bond donors (Lipinski definition) is 2. The van der Waals surface area contributed by atoms with E-state index in [2.05, 4.69) is 38.1 Å². The Morgan fingerprint density at radius 3 is 2.55 bits per heavy atom. The number of amides is 2. The fourth-order valence-electron chi connectivity index (χ4n) is 7.13. The Kier molecular flexibility index (Phi) is 8.58. The largest absolute Gasteiger partial charge is 0.370 e. The Morgan fingerprint density at radius 2 is 1.81 bits per heavy atom. The van der Waals surface area contributed by atoms with Gasteiger partial charge in [0, 0.05) is 50.4 Å². The van der Waals surface area contributed by atoms with Crippen LogP contribution in [-0.4, -0.2) is 45.5 Å². The number of nitrogens with one attached hydrogen (secondary N) is 2. The number of piperidine rings is 1. The molecule has 1 saturated heterocycles. The van der Waals surface area contributed by atoms with Gasteiger partial charge in [0.2, 0.25) is 0 Å². The van der Waals surface area contributed by atoms with Gasteiger partial charge in [-0.2, -0.15) is 5.26 Å². The average molecular weight is 671 g/mol. The zero-order valence-electron chi connectivity index (χ0n) is 26.5. The van der Waals surface area contributed by atoms with Crippen molar-refractivity contribution in [2.75, 3.05) is 18.0 Å². The van der Waals surface area contributed by atoms with E-state index in [1.54, 1.807) is 18.2 Å². The average Bonchev–Trinajstić information content (AvgIpc) is 3.56. The first-order valence-electron chi connectivity index (χ1n) is 16.3. The van der Waals surface area contributed by atoms with Gasteiger partial charge < -0.3 is 20.1 Å². The van der Waals surface area contributed by atoms with Crippen molar-refractivity contribution in [3.63, 3.8) is 0 Å². The van der Waals surface area contributed by atoms with E-state index >= 15 is 0 Å². The number of pyridine rings is 1. The molecule has 9 nitrogen and oxygen atoms in total. The highest BCUT2D eigenvalue weighted by Crippen LogP contribution is 2.47. The van der Waals surface area contributed by atoms with Crippen molar-refractivity contribution >= 4 is 51.7 Å². The number of anilines is 1. The Morgan fingerprint density at radius 1 is 1.04 bits per heavy atom. The van der Waals surface area contributed by atoms with Gasteiger partial charge in [-0.25, -0.2) is 4.98 Å². The van der Waals surface area contributed by atoms with Crippen LogP contribution in [0.2, 0.25) is 10.0 Å². The number of rotatable bonds is 8. The second-order valence-electron chi connectivity index (χ2n) is 13.4. The molecule has 2 atom stereocenters. The third-order valence-electron chi connectivity index (χ3n) is 10.2. The van der Waals surface area contributed by atoms with Crippen molar-refractivity contribution in [2.24, 2.45) is 24.8 Å². The molecule has 2 amide bonds. The molecule has 7 rings (SSSR count). The van der Waals surface area contributed by atoms with Gasteiger partial charge in [0.05, 0.1) is 38.9 Å². The highest BCUT2D eigenvalue weighted by atomic mass is 35.5. The summed E-state index contributed by atoms with van der Waals surface area (Å²) in [5.74, 6) is 2.49. The Hall–Kier alpha value is -4.13. The molecule has 11 heteroatoms. The van der Waals surface area contributed by atoms with Gasteiger partial charge in [-0.05, 0) is 91.3 Å². The van der Waals surface area contributed by atoms with Gasteiger partial charge in [-0.1, -0.05) is 36.2 Å². The van der Waals surface area contributed by atoms with Crippen LogP contribution in [-0.2, 0) is 20.0 Å². The summed E-state index contributed by atoms with van der Waals surface area (Å²) in [6, 6.07) is 12.8. The summed E-state index contributed by atoms with van der Waals surface area (Å²) in [6.45, 7) is 4.40. The van der Waals surface area contributed by atoms with Crippen LogP contribution in [0.25, 0.3) is 11.0 Å². The Bertz CT molecular complexity index is 1910. The molecule has 4 aromatic rings. The van der Waals surface area contributed by atoms with Gasteiger partial charge in [-0.3, -0.25) is 14.6 Å². The van der Waals surface area contributed by atoms with E-state index in [0.717, 1.165) is 73.2 Å². The number of carbonyl (C=O) groups is 2. The van der Waals surface area contributed by atoms with E-state index in [1.165, 1.54) is 18.7 Å². The maximum absolute atomic E-state index is 13.8. The summed E-state index contributed by atoms with van der Waals surface area (Å²) in [7, 11) is 1.98. The highest BCUT2D eigenvalue weighted by molar-refractivity contribution is 6.36. The molecule has 2 saturated carbocycles. The molecule has 0 radical (unpaired) electrons. The molecule has 2 aromatic heterocycles. The lowest BCUT2D eigenvalue weighted by atomic mass is 9.87. The topological polar surface area (TPSA) is 116 Å². The van der Waals surface area contributed by atoms with Gasteiger partial charge in [0.15, 0.2) is 0 Å². The van der Waals surface area contributed by atoms with Gasteiger partial charge in [-0.15, -0.1) is 0 Å². The lowest BCUT2D eigenvalue weighted by Crippen LogP contribution is -2.38. The van der Waals surface area contributed by atoms with E-state index < -0.39 is 5.91 Å². The summed E-state index contributed by atoms with van der Waals surface area (Å²) in [5.41, 5.74) is 5.27. The van der Waals surface area contributed by atoms with Crippen molar-refractivity contribution < 1.29 is 9.59 Å². The van der Waals surface area contributed by atoms with Crippen LogP contribution >= 0.6 is 23.2 Å². The number of carbonyl (C=O) groups excluding carboxylic acids is 2. The number of nitriles is 1. The zero-order valence-corrected chi connectivity index (χ0v) is 28.0. The molecule has 242 valence electrons. The minimum atomic E-state index is -0.408. The van der Waals surface area contributed by atoms with Gasteiger partial charge in [0.25, 0.3) is 11.8 Å². The predicted octanol–water partition coefficient (Wildman–Crippen LogP) is 6.43. The molecule has 3 fully saturated rings. The molecule has 0 spiro atoms. The molecule has 2 aromatic carbocycles. The third kappa shape index (κ3) is 6.41.